The van der Waals surface area contributed by atoms with Crippen molar-refractivity contribution in [2.45, 2.75) is 5.16 Å². The Morgan fingerprint density at radius 1 is 0.972 bits per heavy atom. The maximum atomic E-state index is 13.3. The van der Waals surface area contributed by atoms with Crippen LogP contribution >= 0.6 is 11.8 Å². The van der Waals surface area contributed by atoms with Crippen LogP contribution in [0.15, 0.2) is 106 Å². The Labute approximate surface area is 211 Å². The smallest absolute Gasteiger partial charge is 0.266 e. The minimum absolute atomic E-state index is 0.0294. The number of hydrogen-bond acceptors (Lipinski definition) is 6. The molecule has 1 heterocycles. The van der Waals surface area contributed by atoms with E-state index in [4.69, 9.17) is 4.74 Å². The van der Waals surface area contributed by atoms with Crippen molar-refractivity contribution in [1.29, 1.82) is 0 Å². The second kappa shape index (κ2) is 10.5. The fourth-order valence-corrected chi connectivity index (χ4v) is 4.74. The molecule has 7 nitrogen and oxygen atoms in total. The van der Waals surface area contributed by atoms with Gasteiger partial charge in [0.25, 0.3) is 11.5 Å². The Bertz CT molecular complexity index is 1650. The highest BCUT2D eigenvalue weighted by Gasteiger charge is 2.14. The lowest BCUT2D eigenvalue weighted by Gasteiger charge is -2.12. The van der Waals surface area contributed by atoms with Crippen molar-refractivity contribution in [2.75, 3.05) is 12.9 Å². The van der Waals surface area contributed by atoms with Crippen LogP contribution in [0.1, 0.15) is 5.56 Å². The molecule has 0 radical (unpaired) electrons. The molecule has 5 aromatic rings. The van der Waals surface area contributed by atoms with Crippen LogP contribution < -0.4 is 15.7 Å². The number of methoxy groups -OCH3 is 1. The molecule has 0 unspecified atom stereocenters. The number of thioether (sulfide) groups is 1. The number of hydrogen-bond donors (Lipinski definition) is 1. The predicted molar refractivity (Wildman–Crippen MR) is 144 cm³/mol. The maximum absolute atomic E-state index is 13.3. The summed E-state index contributed by atoms with van der Waals surface area (Å²) in [5.74, 6) is 0.368. The second-order valence-corrected chi connectivity index (χ2v) is 8.81. The molecule has 36 heavy (non-hydrogen) atoms. The fourth-order valence-electron chi connectivity index (χ4n) is 3.93. The summed E-state index contributed by atoms with van der Waals surface area (Å²) in [4.78, 5) is 30.6. The minimum atomic E-state index is -0.322. The van der Waals surface area contributed by atoms with Gasteiger partial charge in [-0.1, -0.05) is 72.4 Å². The molecule has 0 aliphatic rings. The van der Waals surface area contributed by atoms with E-state index in [1.807, 2.05) is 78.9 Å². The van der Waals surface area contributed by atoms with Crippen LogP contribution in [-0.2, 0) is 4.79 Å². The molecule has 8 heteroatoms. The normalized spacial score (nSPS) is 11.2. The van der Waals surface area contributed by atoms with Crippen LogP contribution in [0, 0.1) is 0 Å². The molecule has 0 saturated carbocycles. The lowest BCUT2D eigenvalue weighted by Crippen LogP contribution is -2.24. The van der Waals surface area contributed by atoms with Crippen molar-refractivity contribution in [2.24, 2.45) is 5.10 Å². The Morgan fingerprint density at radius 2 is 1.69 bits per heavy atom. The number of carbonyl (C=O) groups excluding carboxylic acids is 1. The van der Waals surface area contributed by atoms with Gasteiger partial charge in [-0.25, -0.2) is 10.4 Å². The van der Waals surface area contributed by atoms with Crippen LogP contribution in [0.3, 0.4) is 0 Å². The summed E-state index contributed by atoms with van der Waals surface area (Å²) in [6.07, 6.45) is 1.58. The number of fused-ring (bicyclic) bond motifs is 2. The Hall–Kier alpha value is -4.43. The first-order valence-corrected chi connectivity index (χ1v) is 12.2. The molecule has 0 aliphatic carbocycles. The van der Waals surface area contributed by atoms with Crippen LogP contribution in [0.2, 0.25) is 0 Å². The van der Waals surface area contributed by atoms with Crippen molar-refractivity contribution < 1.29 is 9.53 Å². The van der Waals surface area contributed by atoms with Gasteiger partial charge in [-0.15, -0.1) is 0 Å². The molecular formula is C28H22N4O3S. The van der Waals surface area contributed by atoms with Crippen molar-refractivity contribution in [3.8, 4) is 11.4 Å². The molecule has 4 aromatic carbocycles. The first-order valence-electron chi connectivity index (χ1n) is 11.2. The fraction of sp³-hybridized carbons (Fsp3) is 0.0714. The molecule has 0 fully saturated rings. The third-order valence-electron chi connectivity index (χ3n) is 5.63. The average molecular weight is 495 g/mol. The van der Waals surface area contributed by atoms with E-state index in [1.54, 1.807) is 25.5 Å². The molecule has 0 saturated heterocycles. The SMILES string of the molecule is COc1ccc2ccccc2c1/C=N\NC(=O)CSc1nc2ccccc2c(=O)n1-c1ccccc1. The molecule has 178 valence electrons. The summed E-state index contributed by atoms with van der Waals surface area (Å²) < 4.78 is 7.00. The Balaban J connectivity index is 1.37. The van der Waals surface area contributed by atoms with E-state index in [0.717, 1.165) is 16.3 Å². The van der Waals surface area contributed by atoms with Gasteiger partial charge in [0.2, 0.25) is 0 Å². The molecule has 1 amide bonds. The third kappa shape index (κ3) is 4.71. The number of aromatic nitrogens is 2. The third-order valence-corrected chi connectivity index (χ3v) is 6.56. The van der Waals surface area contributed by atoms with Gasteiger partial charge < -0.3 is 4.74 Å². The average Bonchev–Trinajstić information content (AvgIpc) is 2.92. The van der Waals surface area contributed by atoms with Gasteiger partial charge in [0.15, 0.2) is 5.16 Å². The number of carbonyl (C=O) groups is 1. The zero-order valence-corrected chi connectivity index (χ0v) is 20.2. The summed E-state index contributed by atoms with van der Waals surface area (Å²) in [5, 5.41) is 7.11. The number of hydrazone groups is 1. The summed E-state index contributed by atoms with van der Waals surface area (Å²) in [5.41, 5.74) is 4.43. The molecule has 1 aromatic heterocycles. The number of rotatable bonds is 7. The number of ether oxygens (including phenoxy) is 1. The lowest BCUT2D eigenvalue weighted by atomic mass is 10.0. The summed E-state index contributed by atoms with van der Waals surface area (Å²) in [7, 11) is 1.60. The van der Waals surface area contributed by atoms with Crippen molar-refractivity contribution >= 4 is 45.6 Å². The van der Waals surface area contributed by atoms with E-state index in [2.05, 4.69) is 15.5 Å². The zero-order chi connectivity index (χ0) is 24.9. The van der Waals surface area contributed by atoms with Gasteiger partial charge in [-0.2, -0.15) is 5.10 Å². The number of para-hydroxylation sites is 2. The zero-order valence-electron chi connectivity index (χ0n) is 19.4. The molecule has 0 aliphatic heterocycles. The van der Waals surface area contributed by atoms with Gasteiger partial charge in [0, 0.05) is 5.56 Å². The highest BCUT2D eigenvalue weighted by atomic mass is 32.2. The van der Waals surface area contributed by atoms with Crippen LogP contribution in [0.5, 0.6) is 5.75 Å². The van der Waals surface area contributed by atoms with Gasteiger partial charge in [0.1, 0.15) is 5.75 Å². The van der Waals surface area contributed by atoms with Crippen molar-refractivity contribution in [1.82, 2.24) is 15.0 Å². The van der Waals surface area contributed by atoms with E-state index in [-0.39, 0.29) is 17.2 Å². The highest BCUT2D eigenvalue weighted by Crippen LogP contribution is 2.26. The molecule has 0 spiro atoms. The Kier molecular flexibility index (Phi) is 6.77. The van der Waals surface area contributed by atoms with Gasteiger partial charge in [-0.3, -0.25) is 14.2 Å². The number of amides is 1. The van der Waals surface area contributed by atoms with Gasteiger partial charge in [-0.05, 0) is 41.1 Å². The monoisotopic (exact) mass is 494 g/mol. The quantitative estimate of drug-likeness (QED) is 0.152. The summed E-state index contributed by atoms with van der Waals surface area (Å²) in [6, 6.07) is 28.2. The minimum Gasteiger partial charge on any atom is -0.496 e. The molecular weight excluding hydrogens is 472 g/mol. The summed E-state index contributed by atoms with van der Waals surface area (Å²) in [6.45, 7) is 0. The van der Waals surface area contributed by atoms with Crippen LogP contribution in [-0.4, -0.2) is 34.5 Å². The maximum Gasteiger partial charge on any atom is 0.266 e. The lowest BCUT2D eigenvalue weighted by molar-refractivity contribution is -0.118. The molecule has 1 N–H and O–H groups in total. The second-order valence-electron chi connectivity index (χ2n) is 7.87. The van der Waals surface area contributed by atoms with E-state index in [0.29, 0.717) is 27.5 Å². The summed E-state index contributed by atoms with van der Waals surface area (Å²) >= 11 is 1.18. The molecule has 0 atom stereocenters. The number of nitrogens with zero attached hydrogens (tertiary/aromatic N) is 3. The van der Waals surface area contributed by atoms with E-state index < -0.39 is 0 Å². The van der Waals surface area contributed by atoms with Gasteiger partial charge >= 0.3 is 0 Å². The topological polar surface area (TPSA) is 85.6 Å². The van der Waals surface area contributed by atoms with E-state index in [1.165, 1.54) is 16.3 Å². The number of nitrogens with one attached hydrogen (secondary N) is 1. The number of benzene rings is 4. The van der Waals surface area contributed by atoms with E-state index >= 15 is 0 Å². The standard InChI is InChI=1S/C28H22N4O3S/c1-35-25-16-15-19-9-5-6-12-21(19)23(25)17-29-31-26(33)18-36-28-30-24-14-8-7-13-22(24)27(34)32(28)20-10-3-2-4-11-20/h2-17H,18H2,1H3,(H,31,33)/b29-17-. The molecule has 5 rings (SSSR count). The van der Waals surface area contributed by atoms with Crippen molar-refractivity contribution in [3.63, 3.8) is 0 Å². The first-order chi connectivity index (χ1) is 17.7. The Morgan fingerprint density at radius 3 is 2.50 bits per heavy atom. The molecule has 0 bridgehead atoms. The first kappa shape index (κ1) is 23.3. The van der Waals surface area contributed by atoms with E-state index in [9.17, 15) is 9.59 Å². The largest absolute Gasteiger partial charge is 0.496 e. The van der Waals surface area contributed by atoms with Crippen LogP contribution in [0.4, 0.5) is 0 Å². The predicted octanol–water partition coefficient (Wildman–Crippen LogP) is 4.79. The highest BCUT2D eigenvalue weighted by molar-refractivity contribution is 7.99. The van der Waals surface area contributed by atoms with Crippen LogP contribution in [0.25, 0.3) is 27.4 Å². The van der Waals surface area contributed by atoms with Crippen molar-refractivity contribution in [3.05, 3.63) is 107 Å². The van der Waals surface area contributed by atoms with Gasteiger partial charge in [0.05, 0.1) is 35.7 Å².